The minimum absolute atomic E-state index is 0.494. The lowest BCUT2D eigenvalue weighted by Crippen LogP contribution is -2.20. The first-order valence-electron chi connectivity index (χ1n) is 7.17. The zero-order valence-electron chi connectivity index (χ0n) is 11.5. The maximum Gasteiger partial charge on any atom is 0.119 e. The van der Waals surface area contributed by atoms with Gasteiger partial charge >= 0.3 is 0 Å². The van der Waals surface area contributed by atoms with Gasteiger partial charge in [-0.25, -0.2) is 0 Å². The van der Waals surface area contributed by atoms with Crippen LogP contribution in [0, 0.1) is 0 Å². The predicted octanol–water partition coefficient (Wildman–Crippen LogP) is 4.15. The lowest BCUT2D eigenvalue weighted by atomic mass is 9.83. The van der Waals surface area contributed by atoms with E-state index in [0.29, 0.717) is 12.0 Å². The standard InChI is InChI=1S/C16H24O2/c1-3-17-15-9-5-13(6-10-15)14-7-11-16(12-8-14)18-4-2/h5-6,9-10,14,16H,3-4,7-8,11-12H2,1-2H3. The van der Waals surface area contributed by atoms with E-state index in [1.807, 2.05) is 6.92 Å². The van der Waals surface area contributed by atoms with Crippen molar-refractivity contribution in [2.75, 3.05) is 13.2 Å². The Morgan fingerprint density at radius 3 is 2.17 bits per heavy atom. The van der Waals surface area contributed by atoms with Crippen LogP contribution in [-0.2, 0) is 4.74 Å². The van der Waals surface area contributed by atoms with E-state index in [2.05, 4.69) is 31.2 Å². The zero-order chi connectivity index (χ0) is 12.8. The lowest BCUT2D eigenvalue weighted by molar-refractivity contribution is 0.0328. The van der Waals surface area contributed by atoms with E-state index in [1.54, 1.807) is 0 Å². The Morgan fingerprint density at radius 1 is 0.944 bits per heavy atom. The third-order valence-electron chi connectivity index (χ3n) is 3.74. The van der Waals surface area contributed by atoms with Crippen molar-refractivity contribution in [1.82, 2.24) is 0 Å². The lowest BCUT2D eigenvalue weighted by Gasteiger charge is -2.28. The molecule has 1 aliphatic rings. The summed E-state index contributed by atoms with van der Waals surface area (Å²) >= 11 is 0. The first-order valence-corrected chi connectivity index (χ1v) is 7.17. The van der Waals surface area contributed by atoms with E-state index in [-0.39, 0.29) is 0 Å². The van der Waals surface area contributed by atoms with Gasteiger partial charge in [0.1, 0.15) is 5.75 Å². The fourth-order valence-electron chi connectivity index (χ4n) is 2.80. The number of hydrogen-bond acceptors (Lipinski definition) is 2. The summed E-state index contributed by atoms with van der Waals surface area (Å²) in [5.41, 5.74) is 1.45. The van der Waals surface area contributed by atoms with Gasteiger partial charge in [-0.05, 0) is 63.1 Å². The molecule has 0 heterocycles. The molecule has 1 aromatic carbocycles. The number of hydrogen-bond donors (Lipinski definition) is 0. The Kier molecular flexibility index (Phi) is 5.06. The zero-order valence-corrected chi connectivity index (χ0v) is 11.5. The summed E-state index contributed by atoms with van der Waals surface area (Å²) in [7, 11) is 0. The molecule has 2 heteroatoms. The highest BCUT2D eigenvalue weighted by Crippen LogP contribution is 2.34. The molecule has 0 spiro atoms. The van der Waals surface area contributed by atoms with Crippen molar-refractivity contribution >= 4 is 0 Å². The molecule has 0 bridgehead atoms. The molecule has 0 saturated heterocycles. The Balaban J connectivity index is 1.89. The molecule has 0 amide bonds. The van der Waals surface area contributed by atoms with E-state index in [1.165, 1.54) is 31.2 Å². The summed E-state index contributed by atoms with van der Waals surface area (Å²) in [4.78, 5) is 0. The van der Waals surface area contributed by atoms with E-state index in [4.69, 9.17) is 9.47 Å². The summed E-state index contributed by atoms with van der Waals surface area (Å²) in [6.45, 7) is 5.68. The monoisotopic (exact) mass is 248 g/mol. The first kappa shape index (κ1) is 13.4. The summed E-state index contributed by atoms with van der Waals surface area (Å²) in [6.07, 6.45) is 5.39. The molecule has 1 aromatic rings. The average Bonchev–Trinajstić information content (AvgIpc) is 2.41. The van der Waals surface area contributed by atoms with E-state index >= 15 is 0 Å². The quantitative estimate of drug-likeness (QED) is 0.779. The Morgan fingerprint density at radius 2 is 1.61 bits per heavy atom. The van der Waals surface area contributed by atoms with Crippen molar-refractivity contribution in [1.29, 1.82) is 0 Å². The summed E-state index contributed by atoms with van der Waals surface area (Å²) in [5.74, 6) is 1.68. The van der Waals surface area contributed by atoms with Crippen molar-refractivity contribution in [3.8, 4) is 5.75 Å². The molecule has 0 aromatic heterocycles. The van der Waals surface area contributed by atoms with Crippen LogP contribution in [0.2, 0.25) is 0 Å². The molecule has 0 radical (unpaired) electrons. The minimum Gasteiger partial charge on any atom is -0.494 e. The van der Waals surface area contributed by atoms with Gasteiger partial charge in [0.25, 0.3) is 0 Å². The molecule has 1 fully saturated rings. The van der Waals surface area contributed by atoms with E-state index < -0.39 is 0 Å². The van der Waals surface area contributed by atoms with Gasteiger partial charge in [-0.1, -0.05) is 12.1 Å². The van der Waals surface area contributed by atoms with Crippen LogP contribution in [0.1, 0.15) is 51.0 Å². The van der Waals surface area contributed by atoms with Gasteiger partial charge in [0.05, 0.1) is 12.7 Å². The fourth-order valence-corrected chi connectivity index (χ4v) is 2.80. The first-order chi connectivity index (χ1) is 8.83. The van der Waals surface area contributed by atoms with E-state index in [9.17, 15) is 0 Å². The van der Waals surface area contributed by atoms with Crippen LogP contribution >= 0.6 is 0 Å². The molecule has 100 valence electrons. The highest BCUT2D eigenvalue weighted by Gasteiger charge is 2.22. The second-order valence-electron chi connectivity index (χ2n) is 4.93. The van der Waals surface area contributed by atoms with Crippen LogP contribution in [0.25, 0.3) is 0 Å². The normalized spacial score (nSPS) is 23.9. The van der Waals surface area contributed by atoms with Crippen molar-refractivity contribution in [2.45, 2.75) is 51.6 Å². The summed E-state index contributed by atoms with van der Waals surface area (Å²) in [5, 5.41) is 0. The topological polar surface area (TPSA) is 18.5 Å². The van der Waals surface area contributed by atoms with Crippen LogP contribution in [0.5, 0.6) is 5.75 Å². The van der Waals surface area contributed by atoms with Crippen LogP contribution in [0.15, 0.2) is 24.3 Å². The largest absolute Gasteiger partial charge is 0.494 e. The maximum absolute atomic E-state index is 5.70. The van der Waals surface area contributed by atoms with Crippen LogP contribution < -0.4 is 4.74 Å². The molecule has 0 aliphatic heterocycles. The molecular formula is C16H24O2. The molecule has 0 unspecified atom stereocenters. The Bertz CT molecular complexity index is 337. The SMILES string of the molecule is CCOc1ccc(C2CCC(OCC)CC2)cc1. The van der Waals surface area contributed by atoms with Crippen LogP contribution in [-0.4, -0.2) is 19.3 Å². The number of benzene rings is 1. The van der Waals surface area contributed by atoms with Crippen LogP contribution in [0.4, 0.5) is 0 Å². The van der Waals surface area contributed by atoms with Gasteiger partial charge < -0.3 is 9.47 Å². The second-order valence-corrected chi connectivity index (χ2v) is 4.93. The van der Waals surface area contributed by atoms with Gasteiger partial charge in [-0.15, -0.1) is 0 Å². The third kappa shape index (κ3) is 3.49. The van der Waals surface area contributed by atoms with Gasteiger partial charge in [0.15, 0.2) is 0 Å². The highest BCUT2D eigenvalue weighted by molar-refractivity contribution is 5.29. The molecular weight excluding hydrogens is 224 g/mol. The van der Waals surface area contributed by atoms with Crippen molar-refractivity contribution in [3.63, 3.8) is 0 Å². The number of ether oxygens (including phenoxy) is 2. The van der Waals surface area contributed by atoms with Crippen LogP contribution in [0.3, 0.4) is 0 Å². The maximum atomic E-state index is 5.70. The highest BCUT2D eigenvalue weighted by atomic mass is 16.5. The van der Waals surface area contributed by atoms with Crippen molar-refractivity contribution in [3.05, 3.63) is 29.8 Å². The van der Waals surface area contributed by atoms with E-state index in [0.717, 1.165) is 19.0 Å². The molecule has 2 nitrogen and oxygen atoms in total. The van der Waals surface area contributed by atoms with Crippen molar-refractivity contribution in [2.24, 2.45) is 0 Å². The molecule has 0 atom stereocenters. The molecule has 18 heavy (non-hydrogen) atoms. The van der Waals surface area contributed by atoms with Gasteiger partial charge in [0.2, 0.25) is 0 Å². The minimum atomic E-state index is 0.494. The average molecular weight is 248 g/mol. The second kappa shape index (κ2) is 6.79. The van der Waals surface area contributed by atoms with Gasteiger partial charge in [0, 0.05) is 6.61 Å². The number of rotatable bonds is 5. The summed E-state index contributed by atoms with van der Waals surface area (Å²) < 4.78 is 11.2. The van der Waals surface area contributed by atoms with Gasteiger partial charge in [-0.2, -0.15) is 0 Å². The molecule has 2 rings (SSSR count). The molecule has 1 saturated carbocycles. The summed E-state index contributed by atoms with van der Waals surface area (Å²) in [6, 6.07) is 8.62. The van der Waals surface area contributed by atoms with Crippen molar-refractivity contribution < 1.29 is 9.47 Å². The Labute approximate surface area is 110 Å². The fraction of sp³-hybridized carbons (Fsp3) is 0.625. The molecule has 0 N–H and O–H groups in total. The third-order valence-corrected chi connectivity index (χ3v) is 3.74. The smallest absolute Gasteiger partial charge is 0.119 e. The molecule has 1 aliphatic carbocycles. The van der Waals surface area contributed by atoms with Gasteiger partial charge in [-0.3, -0.25) is 0 Å². The predicted molar refractivity (Wildman–Crippen MR) is 74.2 cm³/mol. The Hall–Kier alpha value is -1.02.